The molecule has 0 N–H and O–H groups in total. The molecule has 0 saturated heterocycles. The Kier molecular flexibility index (Phi) is 5.20. The fourth-order valence-electron chi connectivity index (χ4n) is 1.01. The summed E-state index contributed by atoms with van der Waals surface area (Å²) in [6.45, 7) is 2.73. The largest absolute Gasteiger partial charge is 0.280 e. The van der Waals surface area contributed by atoms with Gasteiger partial charge in [-0.1, -0.05) is 43.2 Å². The van der Waals surface area contributed by atoms with Crippen molar-refractivity contribution in [2.75, 3.05) is 6.54 Å². The molecule has 0 spiro atoms. The lowest BCUT2D eigenvalue weighted by molar-refractivity contribution is 0.982. The first-order valence-corrected chi connectivity index (χ1v) is 4.94. The average Bonchev–Trinajstić information content (AvgIpc) is 2.25. The van der Waals surface area contributed by atoms with Gasteiger partial charge in [-0.25, -0.2) is 0 Å². The van der Waals surface area contributed by atoms with Gasteiger partial charge in [-0.05, 0) is 12.0 Å². The molecule has 0 radical (unpaired) electrons. The highest BCUT2D eigenvalue weighted by Crippen LogP contribution is 1.93. The van der Waals surface area contributed by atoms with Crippen molar-refractivity contribution in [3.63, 3.8) is 0 Å². The van der Waals surface area contributed by atoms with Gasteiger partial charge in [0.25, 0.3) is 0 Å². The second-order valence-electron chi connectivity index (χ2n) is 2.98. The van der Waals surface area contributed by atoms with Crippen molar-refractivity contribution in [2.24, 2.45) is 4.99 Å². The molecule has 1 aromatic rings. The van der Waals surface area contributed by atoms with Gasteiger partial charge in [0, 0.05) is 12.6 Å². The van der Waals surface area contributed by atoms with E-state index in [1.807, 2.05) is 36.5 Å². The molecular formula is C13H15N. The molecule has 1 aromatic carbocycles. The van der Waals surface area contributed by atoms with Gasteiger partial charge >= 0.3 is 0 Å². The second-order valence-corrected chi connectivity index (χ2v) is 2.98. The molecule has 0 fully saturated rings. The van der Waals surface area contributed by atoms with E-state index in [1.54, 1.807) is 0 Å². The summed E-state index contributed by atoms with van der Waals surface area (Å²) in [4.78, 5) is 4.21. The summed E-state index contributed by atoms with van der Waals surface area (Å²) in [5, 5.41) is 0. The maximum absolute atomic E-state index is 4.21. The van der Waals surface area contributed by atoms with Crippen molar-refractivity contribution in [2.45, 2.75) is 19.8 Å². The maximum atomic E-state index is 4.21. The molecule has 1 heteroatoms. The Labute approximate surface area is 85.9 Å². The Morgan fingerprint density at radius 1 is 1.21 bits per heavy atom. The van der Waals surface area contributed by atoms with Crippen molar-refractivity contribution >= 4 is 6.21 Å². The lowest BCUT2D eigenvalue weighted by Gasteiger charge is -1.88. The molecule has 0 unspecified atom stereocenters. The molecule has 1 rings (SSSR count). The number of hydrogen-bond donors (Lipinski definition) is 0. The summed E-state index contributed by atoms with van der Waals surface area (Å²) in [6, 6.07) is 10.1. The van der Waals surface area contributed by atoms with E-state index in [2.05, 4.69) is 23.8 Å². The van der Waals surface area contributed by atoms with Crippen LogP contribution in [0.2, 0.25) is 0 Å². The molecule has 0 aromatic heterocycles. The molecule has 0 aliphatic heterocycles. The van der Waals surface area contributed by atoms with Gasteiger partial charge in [-0.2, -0.15) is 0 Å². The Morgan fingerprint density at radius 2 is 2.00 bits per heavy atom. The van der Waals surface area contributed by atoms with Gasteiger partial charge in [0.15, 0.2) is 0 Å². The number of unbranched alkanes of at least 4 members (excludes halogenated alkanes) is 1. The van der Waals surface area contributed by atoms with Crippen LogP contribution in [-0.2, 0) is 0 Å². The minimum absolute atomic E-state index is 0.606. The lowest BCUT2D eigenvalue weighted by Crippen LogP contribution is -1.81. The predicted octanol–water partition coefficient (Wildman–Crippen LogP) is 2.91. The number of hydrogen-bond acceptors (Lipinski definition) is 1. The van der Waals surface area contributed by atoms with Crippen LogP contribution in [0.25, 0.3) is 0 Å². The van der Waals surface area contributed by atoms with Crippen LogP contribution in [0, 0.1) is 11.8 Å². The van der Waals surface area contributed by atoms with Crippen molar-refractivity contribution in [3.05, 3.63) is 35.9 Å². The van der Waals surface area contributed by atoms with E-state index in [0.29, 0.717) is 6.54 Å². The molecule has 0 bridgehead atoms. The van der Waals surface area contributed by atoms with Gasteiger partial charge in [-0.3, -0.25) is 4.99 Å². The van der Waals surface area contributed by atoms with Crippen LogP contribution in [0.5, 0.6) is 0 Å². The zero-order chi connectivity index (χ0) is 10.1. The van der Waals surface area contributed by atoms with Crippen molar-refractivity contribution in [3.8, 4) is 11.8 Å². The first-order chi connectivity index (χ1) is 6.93. The smallest absolute Gasteiger partial charge is 0.0997 e. The molecular weight excluding hydrogens is 170 g/mol. The van der Waals surface area contributed by atoms with Crippen LogP contribution in [0.4, 0.5) is 0 Å². The molecule has 0 aliphatic carbocycles. The van der Waals surface area contributed by atoms with Crippen LogP contribution in [0.15, 0.2) is 35.3 Å². The highest BCUT2D eigenvalue weighted by atomic mass is 14.7. The van der Waals surface area contributed by atoms with E-state index in [4.69, 9.17) is 0 Å². The Balaban J connectivity index is 2.32. The van der Waals surface area contributed by atoms with E-state index in [-0.39, 0.29) is 0 Å². The third-order valence-electron chi connectivity index (χ3n) is 1.71. The average molecular weight is 185 g/mol. The molecule has 1 nitrogen and oxygen atoms in total. The van der Waals surface area contributed by atoms with Gasteiger partial charge in [0.05, 0.1) is 6.54 Å². The monoisotopic (exact) mass is 185 g/mol. The van der Waals surface area contributed by atoms with E-state index in [0.717, 1.165) is 18.4 Å². The zero-order valence-corrected chi connectivity index (χ0v) is 8.53. The SMILES string of the molecule is CCCC#CCN=Cc1ccccc1. The highest BCUT2D eigenvalue weighted by molar-refractivity contribution is 5.79. The number of nitrogens with zero attached hydrogens (tertiary/aromatic N) is 1. The predicted molar refractivity (Wildman–Crippen MR) is 61.6 cm³/mol. The van der Waals surface area contributed by atoms with Gasteiger partial charge in [0.1, 0.15) is 0 Å². The molecule has 0 saturated carbocycles. The zero-order valence-electron chi connectivity index (χ0n) is 8.53. The van der Waals surface area contributed by atoms with E-state index in [1.165, 1.54) is 0 Å². The molecule has 0 aliphatic rings. The highest BCUT2D eigenvalue weighted by Gasteiger charge is 1.81. The summed E-state index contributed by atoms with van der Waals surface area (Å²) in [6.07, 6.45) is 3.96. The minimum atomic E-state index is 0.606. The van der Waals surface area contributed by atoms with Crippen LogP contribution >= 0.6 is 0 Å². The number of aliphatic imine (C=N–C) groups is 1. The normalized spacial score (nSPS) is 9.79. The van der Waals surface area contributed by atoms with Crippen LogP contribution < -0.4 is 0 Å². The van der Waals surface area contributed by atoms with Gasteiger partial charge < -0.3 is 0 Å². The Bertz CT molecular complexity index is 327. The van der Waals surface area contributed by atoms with Crippen LogP contribution in [-0.4, -0.2) is 12.8 Å². The van der Waals surface area contributed by atoms with Crippen molar-refractivity contribution in [1.29, 1.82) is 0 Å². The number of benzene rings is 1. The van der Waals surface area contributed by atoms with Crippen LogP contribution in [0.1, 0.15) is 25.3 Å². The Hall–Kier alpha value is -1.55. The van der Waals surface area contributed by atoms with Gasteiger partial charge in [-0.15, -0.1) is 5.92 Å². The standard InChI is InChI=1S/C13H15N/c1-2-3-4-8-11-14-12-13-9-6-5-7-10-13/h5-7,9-10,12H,2-3,11H2,1H3. The molecule has 0 atom stereocenters. The lowest BCUT2D eigenvalue weighted by atomic mass is 10.2. The summed E-state index contributed by atoms with van der Waals surface area (Å²) < 4.78 is 0. The summed E-state index contributed by atoms with van der Waals surface area (Å²) >= 11 is 0. The second kappa shape index (κ2) is 6.91. The third-order valence-corrected chi connectivity index (χ3v) is 1.71. The fraction of sp³-hybridized carbons (Fsp3) is 0.308. The van der Waals surface area contributed by atoms with Crippen molar-refractivity contribution < 1.29 is 0 Å². The molecule has 0 amide bonds. The van der Waals surface area contributed by atoms with Crippen molar-refractivity contribution in [1.82, 2.24) is 0 Å². The molecule has 14 heavy (non-hydrogen) atoms. The number of rotatable bonds is 3. The molecule has 0 heterocycles. The summed E-state index contributed by atoms with van der Waals surface area (Å²) in [7, 11) is 0. The Morgan fingerprint density at radius 3 is 2.71 bits per heavy atom. The fourth-order valence-corrected chi connectivity index (χ4v) is 1.01. The quantitative estimate of drug-likeness (QED) is 0.507. The summed E-state index contributed by atoms with van der Waals surface area (Å²) in [5.74, 6) is 6.07. The maximum Gasteiger partial charge on any atom is 0.0997 e. The molecule has 72 valence electrons. The van der Waals surface area contributed by atoms with E-state index in [9.17, 15) is 0 Å². The minimum Gasteiger partial charge on any atom is -0.280 e. The first kappa shape index (κ1) is 10.5. The summed E-state index contributed by atoms with van der Waals surface area (Å²) in [5.41, 5.74) is 1.13. The topological polar surface area (TPSA) is 12.4 Å². The van der Waals surface area contributed by atoms with E-state index >= 15 is 0 Å². The van der Waals surface area contributed by atoms with Gasteiger partial charge in [0.2, 0.25) is 0 Å². The van der Waals surface area contributed by atoms with E-state index < -0.39 is 0 Å². The third kappa shape index (κ3) is 4.47. The first-order valence-electron chi connectivity index (χ1n) is 4.94. The van der Waals surface area contributed by atoms with Crippen LogP contribution in [0.3, 0.4) is 0 Å².